The van der Waals surface area contributed by atoms with Crippen LogP contribution in [-0.4, -0.2) is 11.1 Å². The van der Waals surface area contributed by atoms with Crippen LogP contribution < -0.4 is 0 Å². The molecule has 3 nitrogen and oxygen atoms in total. The molecule has 4 aromatic rings. The summed E-state index contributed by atoms with van der Waals surface area (Å²) in [5.74, 6) is 0.219. The lowest BCUT2D eigenvalue weighted by atomic mass is 10.1. The Kier molecular flexibility index (Phi) is 3.92. The van der Waals surface area contributed by atoms with Crippen molar-refractivity contribution in [2.24, 2.45) is 0 Å². The van der Waals surface area contributed by atoms with E-state index in [1.807, 2.05) is 24.3 Å². The number of thiophene rings is 2. The molecule has 0 aliphatic carbocycles. The standard InChI is InChI=1S/C18H11ClO3S2/c19-17-6-5-15(24-17)11-8-13(22-12(11)9-18(20)21)16-7-10-3-1-2-4-14(10)23-16/h1-8H,9H2,(H,20,21). The van der Waals surface area contributed by atoms with Crippen LogP contribution in [0.4, 0.5) is 0 Å². The lowest BCUT2D eigenvalue weighted by molar-refractivity contribution is -0.136. The number of benzene rings is 1. The largest absolute Gasteiger partial charge is 0.481 e. The summed E-state index contributed by atoms with van der Waals surface area (Å²) < 4.78 is 7.73. The van der Waals surface area contributed by atoms with Gasteiger partial charge in [-0.05, 0) is 35.7 Å². The average molecular weight is 375 g/mol. The second kappa shape index (κ2) is 6.09. The molecular formula is C18H11ClO3S2. The van der Waals surface area contributed by atoms with E-state index in [0.29, 0.717) is 15.9 Å². The van der Waals surface area contributed by atoms with Crippen molar-refractivity contribution in [3.63, 3.8) is 0 Å². The summed E-state index contributed by atoms with van der Waals surface area (Å²) in [6, 6.07) is 15.8. The Morgan fingerprint density at radius 3 is 2.62 bits per heavy atom. The first kappa shape index (κ1) is 15.4. The van der Waals surface area contributed by atoms with Gasteiger partial charge < -0.3 is 9.52 Å². The highest BCUT2D eigenvalue weighted by Crippen LogP contribution is 2.40. The highest BCUT2D eigenvalue weighted by Gasteiger charge is 2.19. The van der Waals surface area contributed by atoms with Crippen LogP contribution in [0, 0.1) is 0 Å². The molecule has 1 aromatic carbocycles. The highest BCUT2D eigenvalue weighted by atomic mass is 35.5. The van der Waals surface area contributed by atoms with Crippen LogP contribution in [0.25, 0.3) is 31.2 Å². The normalized spacial score (nSPS) is 11.2. The molecule has 3 aromatic heterocycles. The third kappa shape index (κ3) is 2.86. The molecule has 3 heterocycles. The van der Waals surface area contributed by atoms with Crippen LogP contribution in [0.15, 0.2) is 52.9 Å². The van der Waals surface area contributed by atoms with Gasteiger partial charge in [0.1, 0.15) is 17.9 Å². The number of aliphatic carboxylic acids is 1. The number of rotatable bonds is 4. The molecule has 0 bridgehead atoms. The van der Waals surface area contributed by atoms with Gasteiger partial charge in [0.2, 0.25) is 0 Å². The van der Waals surface area contributed by atoms with Gasteiger partial charge in [0, 0.05) is 15.1 Å². The lowest BCUT2D eigenvalue weighted by Gasteiger charge is -1.96. The third-order valence-corrected chi connectivity index (χ3v) is 6.02. The first-order chi connectivity index (χ1) is 11.6. The number of hydrogen-bond acceptors (Lipinski definition) is 4. The Morgan fingerprint density at radius 1 is 1.08 bits per heavy atom. The monoisotopic (exact) mass is 374 g/mol. The van der Waals surface area contributed by atoms with Crippen LogP contribution in [0.3, 0.4) is 0 Å². The second-order valence-electron chi connectivity index (χ2n) is 5.27. The molecule has 0 unspecified atom stereocenters. The molecule has 4 rings (SSSR count). The molecule has 0 saturated carbocycles. The number of halogens is 1. The van der Waals surface area contributed by atoms with Gasteiger partial charge in [-0.3, -0.25) is 4.79 Å². The first-order valence-corrected chi connectivity index (χ1v) is 9.20. The van der Waals surface area contributed by atoms with Crippen LogP contribution in [0.5, 0.6) is 0 Å². The van der Waals surface area contributed by atoms with E-state index in [-0.39, 0.29) is 6.42 Å². The van der Waals surface area contributed by atoms with Crippen molar-refractivity contribution < 1.29 is 14.3 Å². The van der Waals surface area contributed by atoms with E-state index < -0.39 is 5.97 Å². The number of carboxylic acids is 1. The lowest BCUT2D eigenvalue weighted by Crippen LogP contribution is -1.99. The van der Waals surface area contributed by atoms with E-state index in [9.17, 15) is 4.79 Å². The average Bonchev–Trinajstić information content (AvgIpc) is 3.23. The highest BCUT2D eigenvalue weighted by molar-refractivity contribution is 7.22. The zero-order valence-electron chi connectivity index (χ0n) is 12.3. The molecule has 0 spiro atoms. The number of carboxylic acid groups (broad SMARTS) is 1. The predicted octanol–water partition coefficient (Wildman–Crippen LogP) is 6.17. The van der Waals surface area contributed by atoms with E-state index in [0.717, 1.165) is 20.7 Å². The summed E-state index contributed by atoms with van der Waals surface area (Å²) in [7, 11) is 0. The Morgan fingerprint density at radius 2 is 1.92 bits per heavy atom. The van der Waals surface area contributed by atoms with Crippen molar-refractivity contribution in [1.29, 1.82) is 0 Å². The van der Waals surface area contributed by atoms with E-state index >= 15 is 0 Å². The number of fused-ring (bicyclic) bond motifs is 1. The van der Waals surface area contributed by atoms with E-state index in [4.69, 9.17) is 21.1 Å². The van der Waals surface area contributed by atoms with Crippen molar-refractivity contribution in [2.75, 3.05) is 0 Å². The van der Waals surface area contributed by atoms with Gasteiger partial charge in [-0.25, -0.2) is 0 Å². The summed E-state index contributed by atoms with van der Waals surface area (Å²) in [4.78, 5) is 13.1. The van der Waals surface area contributed by atoms with Crippen LogP contribution >= 0.6 is 34.3 Å². The molecule has 24 heavy (non-hydrogen) atoms. The SMILES string of the molecule is O=C(O)Cc1oc(-c2cc3ccccc3s2)cc1-c1ccc(Cl)s1. The minimum atomic E-state index is -0.920. The fraction of sp³-hybridized carbons (Fsp3) is 0.0556. The smallest absolute Gasteiger partial charge is 0.311 e. The van der Waals surface area contributed by atoms with Gasteiger partial charge >= 0.3 is 5.97 Å². The van der Waals surface area contributed by atoms with Crippen molar-refractivity contribution in [1.82, 2.24) is 0 Å². The van der Waals surface area contributed by atoms with Crippen LogP contribution in [-0.2, 0) is 11.2 Å². The van der Waals surface area contributed by atoms with Crippen LogP contribution in [0.1, 0.15) is 5.76 Å². The minimum Gasteiger partial charge on any atom is -0.481 e. The zero-order valence-corrected chi connectivity index (χ0v) is 14.7. The topological polar surface area (TPSA) is 50.4 Å². The summed E-state index contributed by atoms with van der Waals surface area (Å²) in [6.45, 7) is 0. The van der Waals surface area contributed by atoms with Crippen molar-refractivity contribution >= 4 is 50.3 Å². The molecule has 120 valence electrons. The van der Waals surface area contributed by atoms with Gasteiger partial charge in [-0.15, -0.1) is 22.7 Å². The Balaban J connectivity index is 1.84. The molecule has 0 aliphatic heterocycles. The molecule has 0 atom stereocenters. The Hall–Kier alpha value is -2.08. The summed E-state index contributed by atoms with van der Waals surface area (Å²) in [5.41, 5.74) is 0.793. The van der Waals surface area contributed by atoms with Gasteiger partial charge in [0.05, 0.1) is 9.21 Å². The zero-order chi connectivity index (χ0) is 16.7. The first-order valence-electron chi connectivity index (χ1n) is 7.19. The fourth-order valence-corrected chi connectivity index (χ4v) is 4.68. The van der Waals surface area contributed by atoms with Crippen molar-refractivity contribution in [2.45, 2.75) is 6.42 Å². The summed E-state index contributed by atoms with van der Waals surface area (Å²) in [5, 5.41) is 10.3. The molecule has 0 saturated heterocycles. The Labute approximate surface area is 150 Å². The maximum absolute atomic E-state index is 11.2. The molecule has 6 heteroatoms. The number of hydrogen-bond donors (Lipinski definition) is 1. The van der Waals surface area contributed by atoms with E-state index in [1.54, 1.807) is 17.4 Å². The van der Waals surface area contributed by atoms with Gasteiger partial charge in [0.15, 0.2) is 0 Å². The molecule has 0 aliphatic rings. The minimum absolute atomic E-state index is 0.157. The molecule has 0 amide bonds. The van der Waals surface area contributed by atoms with Gasteiger partial charge in [-0.2, -0.15) is 0 Å². The van der Waals surface area contributed by atoms with Gasteiger partial charge in [0.25, 0.3) is 0 Å². The summed E-state index contributed by atoms with van der Waals surface area (Å²) >= 11 is 9.06. The number of carbonyl (C=O) groups is 1. The van der Waals surface area contributed by atoms with Gasteiger partial charge in [-0.1, -0.05) is 29.8 Å². The van der Waals surface area contributed by atoms with Crippen molar-refractivity contribution in [3.05, 3.63) is 58.6 Å². The molecule has 0 radical (unpaired) electrons. The maximum atomic E-state index is 11.2. The van der Waals surface area contributed by atoms with Crippen LogP contribution in [0.2, 0.25) is 4.34 Å². The number of furan rings is 1. The predicted molar refractivity (Wildman–Crippen MR) is 99.2 cm³/mol. The molecule has 1 N–H and O–H groups in total. The third-order valence-electron chi connectivity index (χ3n) is 3.63. The Bertz CT molecular complexity index is 1010. The van der Waals surface area contributed by atoms with E-state index in [2.05, 4.69) is 18.2 Å². The molecular weight excluding hydrogens is 364 g/mol. The summed E-state index contributed by atoms with van der Waals surface area (Å²) in [6.07, 6.45) is -0.157. The van der Waals surface area contributed by atoms with E-state index in [1.165, 1.54) is 16.0 Å². The van der Waals surface area contributed by atoms with Crippen molar-refractivity contribution in [3.8, 4) is 21.1 Å². The second-order valence-corrected chi connectivity index (χ2v) is 8.07. The quantitative estimate of drug-likeness (QED) is 0.464. The maximum Gasteiger partial charge on any atom is 0.311 e. The molecule has 0 fully saturated rings. The fourth-order valence-electron chi connectivity index (χ4n) is 2.59.